The number of nitrogens with two attached hydrogens (primary N) is 1. The number of carbonyl (C=O) groups is 3. The average molecular weight is 550 g/mol. The molecule has 2 amide bonds. The number of carbonyl (C=O) groups excluding carboxylic acids is 3. The second-order valence-corrected chi connectivity index (χ2v) is 11.6. The minimum atomic E-state index is -0.818. The van der Waals surface area contributed by atoms with Crippen molar-refractivity contribution in [3.8, 4) is 0 Å². The van der Waals surface area contributed by atoms with Crippen LogP contribution in [0, 0.1) is 0 Å². The summed E-state index contributed by atoms with van der Waals surface area (Å²) in [6.07, 6.45) is -0.764. The Kier molecular flexibility index (Phi) is 8.39. The summed E-state index contributed by atoms with van der Waals surface area (Å²) in [5, 5.41) is 2.19. The third kappa shape index (κ3) is 6.14. The van der Waals surface area contributed by atoms with Crippen molar-refractivity contribution in [2.24, 2.45) is 5.73 Å². The van der Waals surface area contributed by atoms with Gasteiger partial charge >= 0.3 is 12.1 Å². The van der Waals surface area contributed by atoms with Crippen LogP contribution in [0.1, 0.15) is 58.3 Å². The van der Waals surface area contributed by atoms with Gasteiger partial charge in [0.25, 0.3) is 5.91 Å². The highest BCUT2D eigenvalue weighted by atomic mass is 32.2. The summed E-state index contributed by atoms with van der Waals surface area (Å²) in [6.45, 7) is 9.05. The number of benzene rings is 2. The van der Waals surface area contributed by atoms with Crippen LogP contribution in [-0.2, 0) is 19.1 Å². The molecule has 2 aliphatic rings. The summed E-state index contributed by atoms with van der Waals surface area (Å²) >= 11 is 1.46. The molecule has 2 aromatic carbocycles. The fourth-order valence-electron chi connectivity index (χ4n) is 4.54. The summed E-state index contributed by atoms with van der Waals surface area (Å²) in [7, 11) is 0. The monoisotopic (exact) mass is 549 g/mol. The number of fused-ring (bicyclic) bond motifs is 1. The lowest BCUT2D eigenvalue weighted by Crippen LogP contribution is -2.70. The van der Waals surface area contributed by atoms with E-state index in [1.54, 1.807) is 20.8 Å². The van der Waals surface area contributed by atoms with E-state index in [0.717, 1.165) is 16.7 Å². The first kappa shape index (κ1) is 28.3. The van der Waals surface area contributed by atoms with Crippen molar-refractivity contribution in [1.82, 2.24) is 10.2 Å². The highest BCUT2D eigenvalue weighted by molar-refractivity contribution is 8.00. The Balaban J connectivity index is 1.69. The highest BCUT2D eigenvalue weighted by Crippen LogP contribution is 2.43. The largest absolute Gasteiger partial charge is 0.448 e. The quantitative estimate of drug-likeness (QED) is 0.368. The van der Waals surface area contributed by atoms with E-state index in [4.69, 9.17) is 15.2 Å². The van der Waals surface area contributed by atoms with Crippen LogP contribution in [0.2, 0.25) is 0 Å². The molecule has 1 fully saturated rings. The number of β-lactam (4-membered cyclic amide) rings is 1. The zero-order valence-electron chi connectivity index (χ0n) is 22.9. The van der Waals surface area contributed by atoms with Crippen molar-refractivity contribution in [2.45, 2.75) is 64.2 Å². The van der Waals surface area contributed by atoms with Gasteiger partial charge in [0.2, 0.25) is 0 Å². The summed E-state index contributed by atoms with van der Waals surface area (Å²) in [6, 6.07) is 18.1. The first-order valence-corrected chi connectivity index (χ1v) is 14.0. The van der Waals surface area contributed by atoms with Gasteiger partial charge in [-0.3, -0.25) is 9.69 Å². The van der Waals surface area contributed by atoms with Crippen LogP contribution in [0.4, 0.5) is 4.79 Å². The number of alkyl carbamates (subject to hydrolysis) is 1. The minimum absolute atomic E-state index is 0.164. The molecule has 2 aliphatic heterocycles. The maximum Gasteiger partial charge on any atom is 0.408 e. The smallest absolute Gasteiger partial charge is 0.408 e. The average Bonchev–Trinajstić information content (AvgIpc) is 2.92. The van der Waals surface area contributed by atoms with Crippen molar-refractivity contribution >= 4 is 29.7 Å². The second kappa shape index (κ2) is 11.6. The number of allylic oxidation sites excluding steroid dienone is 2. The van der Waals surface area contributed by atoms with Crippen LogP contribution in [0.15, 0.2) is 83.2 Å². The van der Waals surface area contributed by atoms with Gasteiger partial charge in [-0.05, 0) is 56.4 Å². The van der Waals surface area contributed by atoms with Gasteiger partial charge in [-0.15, -0.1) is 11.8 Å². The number of rotatable bonds is 7. The third-order valence-electron chi connectivity index (χ3n) is 6.58. The number of nitrogens with zero attached hydrogens (tertiary/aromatic N) is 1. The van der Waals surface area contributed by atoms with Gasteiger partial charge in [0, 0.05) is 11.4 Å². The van der Waals surface area contributed by atoms with Crippen molar-refractivity contribution < 1.29 is 23.9 Å². The van der Waals surface area contributed by atoms with E-state index >= 15 is 0 Å². The number of hydrogen-bond acceptors (Lipinski definition) is 7. The zero-order valence-corrected chi connectivity index (χ0v) is 23.7. The van der Waals surface area contributed by atoms with Gasteiger partial charge in [-0.2, -0.15) is 0 Å². The molecule has 0 radical (unpaired) electrons. The van der Waals surface area contributed by atoms with Crippen LogP contribution in [0.25, 0.3) is 0 Å². The van der Waals surface area contributed by atoms with Crippen LogP contribution < -0.4 is 11.1 Å². The molecular weight excluding hydrogens is 514 g/mol. The van der Waals surface area contributed by atoms with Gasteiger partial charge in [0.1, 0.15) is 22.7 Å². The number of esters is 1. The molecule has 1 saturated heterocycles. The van der Waals surface area contributed by atoms with Gasteiger partial charge in [-0.25, -0.2) is 9.59 Å². The fraction of sp³-hybridized carbons (Fsp3) is 0.367. The summed E-state index contributed by atoms with van der Waals surface area (Å²) in [5.41, 5.74) is 9.40. The van der Waals surface area contributed by atoms with E-state index in [9.17, 15) is 14.4 Å². The first-order chi connectivity index (χ1) is 18.5. The Morgan fingerprint density at radius 3 is 2.15 bits per heavy atom. The molecule has 4 rings (SSSR count). The summed E-state index contributed by atoms with van der Waals surface area (Å²) < 4.78 is 11.5. The van der Waals surface area contributed by atoms with Gasteiger partial charge in [-0.1, -0.05) is 67.6 Å². The highest BCUT2D eigenvalue weighted by Gasteiger charge is 2.55. The molecule has 39 heavy (non-hydrogen) atoms. The molecule has 0 bridgehead atoms. The first-order valence-electron chi connectivity index (χ1n) is 13.0. The predicted molar refractivity (Wildman–Crippen MR) is 151 cm³/mol. The lowest BCUT2D eigenvalue weighted by molar-refractivity contribution is -0.153. The molecule has 3 N–H and O–H groups in total. The van der Waals surface area contributed by atoms with Gasteiger partial charge in [0.15, 0.2) is 6.10 Å². The summed E-state index contributed by atoms with van der Waals surface area (Å²) in [4.78, 5) is 41.2. The topological polar surface area (TPSA) is 111 Å². The number of hydrogen-bond donors (Lipinski definition) is 2. The Labute approximate surface area is 233 Å². The lowest BCUT2D eigenvalue weighted by atomic mass is 9.97. The third-order valence-corrected chi connectivity index (χ3v) is 7.86. The normalized spacial score (nSPS) is 19.6. The molecule has 9 heteroatoms. The fourth-order valence-corrected chi connectivity index (χ4v) is 5.96. The molecule has 2 atom stereocenters. The Hall–Kier alpha value is -3.72. The van der Waals surface area contributed by atoms with Crippen molar-refractivity contribution in [1.29, 1.82) is 0 Å². The molecule has 0 saturated carbocycles. The standard InChI is InChI=1S/C30H35N3O5S/c1-6-22(31)18(2)21-17-39-27-23(32-29(36)38-30(3,4)5)26(34)33(27)24(21)28(35)37-25(19-13-9-7-10-14-19)20-15-11-8-12-16-20/h7-16,23,25,27H,6,17,31H2,1-5H3,(H,32,36). The zero-order chi connectivity index (χ0) is 28.3. The molecule has 2 aromatic rings. The van der Waals surface area contributed by atoms with E-state index in [-0.39, 0.29) is 5.70 Å². The number of amides is 2. The molecule has 8 nitrogen and oxygen atoms in total. The molecular formula is C30H35N3O5S. The van der Waals surface area contributed by atoms with Crippen LogP contribution in [0.3, 0.4) is 0 Å². The van der Waals surface area contributed by atoms with Crippen molar-refractivity contribution in [3.05, 3.63) is 94.3 Å². The van der Waals surface area contributed by atoms with Gasteiger partial charge in [0.05, 0.1) is 0 Å². The van der Waals surface area contributed by atoms with Crippen molar-refractivity contribution in [3.63, 3.8) is 0 Å². The van der Waals surface area contributed by atoms with Gasteiger partial charge < -0.3 is 20.5 Å². The molecule has 0 spiro atoms. The predicted octanol–water partition coefficient (Wildman–Crippen LogP) is 5.02. The molecule has 2 heterocycles. The van der Waals surface area contributed by atoms with E-state index in [1.165, 1.54) is 16.7 Å². The molecule has 0 aliphatic carbocycles. The minimum Gasteiger partial charge on any atom is -0.448 e. The van der Waals surface area contributed by atoms with Crippen molar-refractivity contribution in [2.75, 3.05) is 5.75 Å². The SMILES string of the molecule is CCC(N)=C(C)C1=C(C(=O)OC(c2ccccc2)c2ccccc2)N2C(=O)C(NC(=O)OC(C)(C)C)C2SC1. The summed E-state index contributed by atoms with van der Waals surface area (Å²) in [5.74, 6) is -0.596. The maximum atomic E-state index is 14.0. The Bertz CT molecular complexity index is 1260. The van der Waals surface area contributed by atoms with E-state index in [2.05, 4.69) is 5.32 Å². The maximum absolute atomic E-state index is 14.0. The Morgan fingerprint density at radius 1 is 1.08 bits per heavy atom. The van der Waals surface area contributed by atoms with E-state index < -0.39 is 41.1 Å². The number of ether oxygens (including phenoxy) is 2. The van der Waals surface area contributed by atoms with E-state index in [1.807, 2.05) is 74.5 Å². The van der Waals surface area contributed by atoms with Crippen LogP contribution >= 0.6 is 11.8 Å². The van der Waals surface area contributed by atoms with Crippen LogP contribution in [-0.4, -0.2) is 45.6 Å². The van der Waals surface area contributed by atoms with Crippen LogP contribution in [0.5, 0.6) is 0 Å². The lowest BCUT2D eigenvalue weighted by Gasteiger charge is -2.50. The molecule has 0 aromatic heterocycles. The van der Waals surface area contributed by atoms with E-state index in [0.29, 0.717) is 23.4 Å². The Morgan fingerprint density at radius 2 is 1.64 bits per heavy atom. The number of thioether (sulfide) groups is 1. The second-order valence-electron chi connectivity index (χ2n) is 10.5. The molecule has 2 unspecified atom stereocenters. The molecule has 206 valence electrons. The number of nitrogens with one attached hydrogen (secondary N) is 1.